The molecule has 2 rings (SSSR count). The van der Waals surface area contributed by atoms with E-state index in [1.807, 2.05) is 44.2 Å². The molecule has 11 heteroatoms. The number of aryl methyl sites for hydroxylation is 1. The standard InChI is InChI=1S/C9H21Si.C7H8O.C7H8S.C2HF3O2.C2H6S2.H2O/c1-7(2)10(8(3)4)9(5)6;1-6-3-2-4-7(8)5-6;1-8-7-5-3-2-4-6-7;3-2(4,5)1(6)7;1-2(3)4;/h7-9H,1-6H3;2-5,8H,1H3;2-6H,1H3;(H,6,7);2-4H,1H3;1H2. The number of hydrogen-bond donors (Lipinski definition) is 4. The molecule has 0 atom stereocenters. The highest BCUT2D eigenvalue weighted by molar-refractivity contribution is 7.99. The predicted octanol–water partition coefficient (Wildman–Crippen LogP) is 8.82. The molecule has 0 amide bonds. The number of carboxylic acids is 1. The Kier molecular flexibility index (Phi) is 28.5. The number of halogens is 3. The minimum Gasteiger partial charge on any atom is -0.508 e. The number of alkyl halides is 3. The van der Waals surface area contributed by atoms with E-state index < -0.39 is 12.1 Å². The lowest BCUT2D eigenvalue weighted by Gasteiger charge is -2.26. The molecule has 0 unspecified atom stereocenters. The van der Waals surface area contributed by atoms with Gasteiger partial charge in [-0.1, -0.05) is 88.5 Å². The monoisotopic (exact) mass is 615 g/mol. The van der Waals surface area contributed by atoms with Crippen LogP contribution < -0.4 is 0 Å². The molecule has 0 bridgehead atoms. The molecule has 221 valence electrons. The van der Waals surface area contributed by atoms with Gasteiger partial charge in [-0.3, -0.25) is 0 Å². The number of carboxylic acid groups (broad SMARTS) is 1. The summed E-state index contributed by atoms with van der Waals surface area (Å²) in [6, 6.07) is 17.5. The third kappa shape index (κ3) is 29.3. The minimum absolute atomic E-state index is 0. The van der Waals surface area contributed by atoms with Crippen molar-refractivity contribution in [3.05, 3.63) is 60.2 Å². The van der Waals surface area contributed by atoms with E-state index in [1.165, 1.54) is 4.90 Å². The Balaban J connectivity index is -0.000000193. The van der Waals surface area contributed by atoms with Crippen LogP contribution in [0.2, 0.25) is 16.6 Å². The highest BCUT2D eigenvalue weighted by Gasteiger charge is 2.38. The SMILES string of the molecule is CC(C)[Si](C(C)C)C(C)C.CC(S)S.CSc1ccccc1.Cc1cccc(O)c1.O.O=C(O)C(F)(F)F. The zero-order chi connectivity index (χ0) is 29.8. The van der Waals surface area contributed by atoms with Crippen molar-refractivity contribution < 1.29 is 33.7 Å². The molecular formula is C27H46F3O4S3Si. The van der Waals surface area contributed by atoms with Crippen LogP contribution >= 0.6 is 37.0 Å². The fourth-order valence-corrected chi connectivity index (χ4v) is 7.61. The first-order valence-electron chi connectivity index (χ1n) is 11.7. The Morgan fingerprint density at radius 3 is 1.39 bits per heavy atom. The van der Waals surface area contributed by atoms with Crippen molar-refractivity contribution >= 4 is 51.8 Å². The number of aromatic hydroxyl groups is 1. The van der Waals surface area contributed by atoms with Crippen LogP contribution in [0.4, 0.5) is 13.2 Å². The number of hydrogen-bond acceptors (Lipinski definition) is 5. The molecule has 38 heavy (non-hydrogen) atoms. The number of carbonyl (C=O) groups is 1. The Morgan fingerprint density at radius 1 is 0.868 bits per heavy atom. The summed E-state index contributed by atoms with van der Waals surface area (Å²) in [4.78, 5) is 10.2. The zero-order valence-electron chi connectivity index (χ0n) is 23.7. The molecule has 1 radical (unpaired) electrons. The Morgan fingerprint density at radius 2 is 1.24 bits per heavy atom. The normalized spacial score (nSPS) is 10.2. The summed E-state index contributed by atoms with van der Waals surface area (Å²) >= 11 is 9.43. The molecule has 0 aromatic heterocycles. The summed E-state index contributed by atoms with van der Waals surface area (Å²) in [6.07, 6.45) is -3.00. The third-order valence-electron chi connectivity index (χ3n) is 4.22. The maximum Gasteiger partial charge on any atom is 0.490 e. The van der Waals surface area contributed by atoms with E-state index in [9.17, 15) is 13.2 Å². The van der Waals surface area contributed by atoms with Gasteiger partial charge in [-0.15, -0.1) is 11.8 Å². The van der Waals surface area contributed by atoms with Crippen LogP contribution in [0.15, 0.2) is 59.5 Å². The van der Waals surface area contributed by atoms with Crippen molar-refractivity contribution in [2.75, 3.05) is 6.26 Å². The predicted molar refractivity (Wildman–Crippen MR) is 167 cm³/mol. The fraction of sp³-hybridized carbons (Fsp3) is 0.519. The molecule has 0 fully saturated rings. The maximum absolute atomic E-state index is 10.6. The van der Waals surface area contributed by atoms with Crippen LogP contribution in [0.3, 0.4) is 0 Å². The number of phenolic OH excluding ortho intramolecular Hbond substituents is 1. The van der Waals surface area contributed by atoms with Gasteiger partial charge in [0.1, 0.15) is 5.75 Å². The van der Waals surface area contributed by atoms with Crippen LogP contribution in [0, 0.1) is 6.92 Å². The van der Waals surface area contributed by atoms with E-state index in [0.29, 0.717) is 5.75 Å². The van der Waals surface area contributed by atoms with E-state index in [4.69, 9.17) is 15.0 Å². The highest BCUT2D eigenvalue weighted by atomic mass is 32.2. The van der Waals surface area contributed by atoms with E-state index in [2.05, 4.69) is 85.2 Å². The average Bonchev–Trinajstić information content (AvgIpc) is 2.73. The Bertz CT molecular complexity index is 784. The molecule has 0 aliphatic carbocycles. The lowest BCUT2D eigenvalue weighted by atomic mass is 10.2. The quantitative estimate of drug-likeness (QED) is 0.120. The van der Waals surface area contributed by atoms with E-state index >= 15 is 0 Å². The van der Waals surface area contributed by atoms with Gasteiger partial charge in [0, 0.05) is 9.48 Å². The van der Waals surface area contributed by atoms with Gasteiger partial charge in [-0.25, -0.2) is 4.79 Å². The smallest absolute Gasteiger partial charge is 0.490 e. The fourth-order valence-electron chi connectivity index (χ4n) is 3.18. The van der Waals surface area contributed by atoms with Gasteiger partial charge in [-0.2, -0.15) is 38.4 Å². The third-order valence-corrected chi connectivity index (χ3v) is 8.97. The van der Waals surface area contributed by atoms with Crippen molar-refractivity contribution in [2.45, 2.75) is 87.7 Å². The summed E-state index contributed by atoms with van der Waals surface area (Å²) in [5, 5.41) is 15.9. The largest absolute Gasteiger partial charge is 0.508 e. The molecule has 0 saturated heterocycles. The molecule has 2 aromatic rings. The molecule has 2 aromatic carbocycles. The van der Waals surface area contributed by atoms with Gasteiger partial charge in [0.2, 0.25) is 0 Å². The molecule has 0 heterocycles. The lowest BCUT2D eigenvalue weighted by Crippen LogP contribution is -2.24. The summed E-state index contributed by atoms with van der Waals surface area (Å²) in [6.45, 7) is 18.1. The van der Waals surface area contributed by atoms with Crippen molar-refractivity contribution in [3.8, 4) is 5.75 Å². The first-order chi connectivity index (χ1) is 16.9. The van der Waals surface area contributed by atoms with E-state index in [-0.39, 0.29) is 18.9 Å². The molecule has 0 spiro atoms. The van der Waals surface area contributed by atoms with Crippen molar-refractivity contribution in [1.82, 2.24) is 0 Å². The topological polar surface area (TPSA) is 89.0 Å². The van der Waals surface area contributed by atoms with Gasteiger partial charge >= 0.3 is 12.1 Å². The van der Waals surface area contributed by atoms with Gasteiger partial charge < -0.3 is 15.7 Å². The first kappa shape index (κ1) is 43.8. The molecule has 4 nitrogen and oxygen atoms in total. The van der Waals surface area contributed by atoms with Crippen LogP contribution in [-0.2, 0) is 4.79 Å². The molecular weight excluding hydrogens is 570 g/mol. The second-order valence-corrected chi connectivity index (χ2v) is 16.1. The summed E-state index contributed by atoms with van der Waals surface area (Å²) in [5.74, 6) is -2.42. The number of rotatable bonds is 4. The van der Waals surface area contributed by atoms with Crippen molar-refractivity contribution in [3.63, 3.8) is 0 Å². The number of benzene rings is 2. The van der Waals surface area contributed by atoms with E-state index in [1.54, 1.807) is 23.9 Å². The van der Waals surface area contributed by atoms with Gasteiger partial charge in [0.05, 0.1) is 8.80 Å². The van der Waals surface area contributed by atoms with Crippen LogP contribution in [0.25, 0.3) is 0 Å². The molecule has 0 saturated carbocycles. The van der Waals surface area contributed by atoms with Crippen LogP contribution in [0.5, 0.6) is 5.75 Å². The number of thiol groups is 2. The van der Waals surface area contributed by atoms with Crippen LogP contribution in [-0.4, -0.2) is 47.5 Å². The number of phenols is 1. The second kappa shape index (κ2) is 24.7. The Hall–Kier alpha value is -1.27. The van der Waals surface area contributed by atoms with Gasteiger partial charge in [0.25, 0.3) is 0 Å². The van der Waals surface area contributed by atoms with Gasteiger partial charge in [-0.05, 0) is 49.9 Å². The summed E-state index contributed by atoms with van der Waals surface area (Å²) < 4.78 is 32.0. The number of thioether (sulfide) groups is 1. The molecule has 4 N–H and O–H groups in total. The van der Waals surface area contributed by atoms with Gasteiger partial charge in [0.15, 0.2) is 0 Å². The molecule has 0 aliphatic heterocycles. The summed E-state index contributed by atoms with van der Waals surface area (Å²) in [5.41, 5.74) is 3.89. The average molecular weight is 616 g/mol. The lowest BCUT2D eigenvalue weighted by molar-refractivity contribution is -0.192. The highest BCUT2D eigenvalue weighted by Crippen LogP contribution is 2.29. The van der Waals surface area contributed by atoms with Crippen molar-refractivity contribution in [2.24, 2.45) is 0 Å². The maximum atomic E-state index is 10.6. The van der Waals surface area contributed by atoms with E-state index in [0.717, 1.165) is 22.2 Å². The zero-order valence-corrected chi connectivity index (χ0v) is 27.4. The second-order valence-electron chi connectivity index (χ2n) is 8.76. The van der Waals surface area contributed by atoms with Crippen LogP contribution in [0.1, 0.15) is 54.0 Å². The first-order valence-corrected chi connectivity index (χ1v) is 15.7. The Labute approximate surface area is 244 Å². The summed E-state index contributed by atoms with van der Waals surface area (Å²) in [7, 11) is -0.0957. The number of aliphatic carboxylic acids is 1. The molecule has 0 aliphatic rings. The van der Waals surface area contributed by atoms with Crippen molar-refractivity contribution in [1.29, 1.82) is 0 Å². The minimum atomic E-state index is -5.08.